The fourth-order valence-corrected chi connectivity index (χ4v) is 3.57. The molecule has 0 spiro atoms. The topological polar surface area (TPSA) is 110 Å². The van der Waals surface area contributed by atoms with E-state index < -0.39 is 28.4 Å². The summed E-state index contributed by atoms with van der Waals surface area (Å²) >= 11 is 9.23. The largest absolute Gasteiger partial charge is 0.478 e. The molecule has 0 heterocycles. The van der Waals surface area contributed by atoms with Gasteiger partial charge in [0.25, 0.3) is 0 Å². The Kier molecular flexibility index (Phi) is 7.53. The van der Waals surface area contributed by atoms with Crippen molar-refractivity contribution in [3.05, 3.63) is 67.1 Å². The molecule has 0 unspecified atom stereocenters. The van der Waals surface area contributed by atoms with Crippen molar-refractivity contribution in [3.8, 4) is 0 Å². The van der Waals surface area contributed by atoms with Gasteiger partial charge in [-0.25, -0.2) is 4.79 Å². The molecule has 0 aliphatic heterocycles. The Hall–Kier alpha value is -2.45. The summed E-state index contributed by atoms with van der Waals surface area (Å²) in [4.78, 5) is 35.1. The van der Waals surface area contributed by atoms with Gasteiger partial charge in [-0.15, -0.1) is 0 Å². The highest BCUT2D eigenvalue weighted by atomic mass is 79.9. The highest BCUT2D eigenvalue weighted by molar-refractivity contribution is 9.10. The van der Waals surface area contributed by atoms with Crippen molar-refractivity contribution in [1.82, 2.24) is 0 Å². The summed E-state index contributed by atoms with van der Waals surface area (Å²) in [6.45, 7) is 1.91. The predicted octanol–water partition coefficient (Wildman–Crippen LogP) is 5.31. The molecule has 28 heavy (non-hydrogen) atoms. The fraction of sp³-hybridized carbons (Fsp3) is 0.263. The van der Waals surface area contributed by atoms with E-state index in [0.29, 0.717) is 24.3 Å². The van der Waals surface area contributed by atoms with Gasteiger partial charge in [-0.1, -0.05) is 43.1 Å². The number of carboxylic acids is 1. The van der Waals surface area contributed by atoms with Crippen LogP contribution in [0.25, 0.3) is 0 Å². The highest BCUT2D eigenvalue weighted by Crippen LogP contribution is 2.36. The average molecular weight is 470 g/mol. The molecular formula is C19H18BrClN2O5. The van der Waals surface area contributed by atoms with Crippen LogP contribution in [-0.2, 0) is 11.2 Å². The van der Waals surface area contributed by atoms with Crippen molar-refractivity contribution in [1.29, 1.82) is 0 Å². The lowest BCUT2D eigenvalue weighted by atomic mass is 9.94. The first-order chi connectivity index (χ1) is 13.3. The normalized spacial score (nSPS) is 11.7. The van der Waals surface area contributed by atoms with Crippen LogP contribution in [0.1, 0.15) is 35.7 Å². The summed E-state index contributed by atoms with van der Waals surface area (Å²) in [5, 5.41) is 23.8. The van der Waals surface area contributed by atoms with E-state index in [9.17, 15) is 24.8 Å². The lowest BCUT2D eigenvalue weighted by molar-refractivity contribution is -0.384. The van der Waals surface area contributed by atoms with Gasteiger partial charge < -0.3 is 10.4 Å². The van der Waals surface area contributed by atoms with E-state index >= 15 is 0 Å². The number of nitrogens with one attached hydrogen (secondary N) is 1. The van der Waals surface area contributed by atoms with Crippen molar-refractivity contribution in [3.63, 3.8) is 0 Å². The number of carboxylic acid groups (broad SMARTS) is 1. The number of carbonyl (C=O) groups excluding carboxylic acids is 1. The molecule has 2 N–H and O–H groups in total. The van der Waals surface area contributed by atoms with Gasteiger partial charge in [0.1, 0.15) is 5.69 Å². The van der Waals surface area contributed by atoms with Gasteiger partial charge in [0, 0.05) is 10.9 Å². The summed E-state index contributed by atoms with van der Waals surface area (Å²) in [6, 6.07) is 9.60. The number of nitro groups is 1. The third-order valence-corrected chi connectivity index (χ3v) is 5.23. The first-order valence-corrected chi connectivity index (χ1v) is 9.67. The lowest BCUT2D eigenvalue weighted by Gasteiger charge is -2.18. The smallest absolute Gasteiger partial charge is 0.338 e. The molecule has 1 atom stereocenters. The Balaban J connectivity index is 2.40. The van der Waals surface area contributed by atoms with Crippen molar-refractivity contribution >= 4 is 50.8 Å². The molecule has 7 nitrogen and oxygen atoms in total. The van der Waals surface area contributed by atoms with Crippen LogP contribution in [0.5, 0.6) is 0 Å². The molecule has 9 heteroatoms. The van der Waals surface area contributed by atoms with E-state index in [2.05, 4.69) is 21.2 Å². The molecule has 0 radical (unpaired) electrons. The number of carbonyl (C=O) groups is 2. The minimum Gasteiger partial charge on any atom is -0.478 e. The number of nitro benzene ring substituents is 1. The Labute approximate surface area is 175 Å². The van der Waals surface area contributed by atoms with Crippen LogP contribution in [0.4, 0.5) is 11.4 Å². The van der Waals surface area contributed by atoms with E-state index in [-0.39, 0.29) is 15.7 Å². The van der Waals surface area contributed by atoms with Crippen molar-refractivity contribution in [2.75, 3.05) is 5.32 Å². The fourth-order valence-electron chi connectivity index (χ4n) is 2.88. The van der Waals surface area contributed by atoms with Gasteiger partial charge in [0.05, 0.1) is 15.0 Å². The average Bonchev–Trinajstić information content (AvgIpc) is 2.62. The summed E-state index contributed by atoms with van der Waals surface area (Å²) < 4.78 is 0.0796. The zero-order chi connectivity index (χ0) is 20.8. The van der Waals surface area contributed by atoms with Crippen LogP contribution < -0.4 is 5.32 Å². The van der Waals surface area contributed by atoms with E-state index in [1.165, 1.54) is 12.1 Å². The minimum atomic E-state index is -1.37. The van der Waals surface area contributed by atoms with E-state index in [4.69, 9.17) is 11.6 Å². The zero-order valence-corrected chi connectivity index (χ0v) is 17.3. The van der Waals surface area contributed by atoms with E-state index in [1.807, 2.05) is 19.1 Å². The quantitative estimate of drug-likeness (QED) is 0.402. The Morgan fingerprint density at radius 2 is 1.96 bits per heavy atom. The molecular weight excluding hydrogens is 452 g/mol. The van der Waals surface area contributed by atoms with Gasteiger partial charge in [-0.05, 0) is 52.5 Å². The number of benzene rings is 2. The number of aromatic carboxylic acids is 1. The molecule has 0 aliphatic rings. The molecule has 1 amide bonds. The van der Waals surface area contributed by atoms with Crippen LogP contribution >= 0.6 is 27.5 Å². The molecule has 0 aliphatic carbocycles. The Bertz CT molecular complexity index is 919. The molecule has 0 aromatic heterocycles. The van der Waals surface area contributed by atoms with Gasteiger partial charge in [-0.2, -0.15) is 0 Å². The predicted molar refractivity (Wildman–Crippen MR) is 110 cm³/mol. The number of hydrogen-bond donors (Lipinski definition) is 2. The molecule has 0 bridgehead atoms. The highest BCUT2D eigenvalue weighted by Gasteiger charge is 2.29. The second-order valence-corrected chi connectivity index (χ2v) is 7.41. The standard InChI is InChI=1S/C19H18BrClN2O5/c1-2-5-12(10-11-6-3-4-7-15(11)21)18(24)22-16-13(19(25)26)8-9-14(20)17(16)23(27)28/h3-4,6-9,12H,2,5,10H2,1H3,(H,22,24)(H,25,26)/t12-/m0/s1. The zero-order valence-electron chi connectivity index (χ0n) is 14.9. The number of anilines is 1. The Morgan fingerprint density at radius 1 is 1.29 bits per heavy atom. The van der Waals surface area contributed by atoms with Gasteiger partial charge in [-0.3, -0.25) is 14.9 Å². The van der Waals surface area contributed by atoms with Crippen molar-refractivity contribution < 1.29 is 19.6 Å². The number of amides is 1. The van der Waals surface area contributed by atoms with Gasteiger partial charge in [0.15, 0.2) is 0 Å². The number of rotatable bonds is 8. The molecule has 2 aromatic carbocycles. The number of hydrogen-bond acceptors (Lipinski definition) is 4. The van der Waals surface area contributed by atoms with Crippen LogP contribution in [-0.4, -0.2) is 21.9 Å². The maximum atomic E-state index is 12.9. The van der Waals surface area contributed by atoms with Gasteiger partial charge >= 0.3 is 11.7 Å². The first kappa shape index (κ1) is 21.8. The molecule has 0 saturated carbocycles. The third kappa shape index (κ3) is 5.08. The monoisotopic (exact) mass is 468 g/mol. The lowest BCUT2D eigenvalue weighted by Crippen LogP contribution is -2.26. The van der Waals surface area contributed by atoms with E-state index in [1.54, 1.807) is 12.1 Å². The summed E-state index contributed by atoms with van der Waals surface area (Å²) in [5.74, 6) is -2.39. The number of halogens is 2. The summed E-state index contributed by atoms with van der Waals surface area (Å²) in [7, 11) is 0. The van der Waals surface area contributed by atoms with Gasteiger partial charge in [0.2, 0.25) is 5.91 Å². The van der Waals surface area contributed by atoms with Crippen molar-refractivity contribution in [2.45, 2.75) is 26.2 Å². The second-order valence-electron chi connectivity index (χ2n) is 6.15. The number of nitrogens with zero attached hydrogens (tertiary/aromatic N) is 1. The SMILES string of the molecule is CCC[C@@H](Cc1ccccc1Cl)C(=O)Nc1c(C(=O)O)ccc(Br)c1[N+](=O)[O-]. The van der Waals surface area contributed by atoms with Crippen LogP contribution in [0, 0.1) is 16.0 Å². The van der Waals surface area contributed by atoms with E-state index in [0.717, 1.165) is 5.56 Å². The van der Waals surface area contributed by atoms with Crippen molar-refractivity contribution in [2.24, 2.45) is 5.92 Å². The third-order valence-electron chi connectivity index (χ3n) is 4.22. The maximum absolute atomic E-state index is 12.9. The van der Waals surface area contributed by atoms with Crippen LogP contribution in [0.2, 0.25) is 5.02 Å². The molecule has 2 rings (SSSR count). The molecule has 148 valence electrons. The molecule has 0 fully saturated rings. The Morgan fingerprint density at radius 3 is 2.54 bits per heavy atom. The summed E-state index contributed by atoms with van der Waals surface area (Å²) in [6.07, 6.45) is 1.56. The maximum Gasteiger partial charge on any atom is 0.338 e. The first-order valence-electron chi connectivity index (χ1n) is 8.50. The van der Waals surface area contributed by atoms with Crippen LogP contribution in [0.15, 0.2) is 40.9 Å². The van der Waals surface area contributed by atoms with Crippen LogP contribution in [0.3, 0.4) is 0 Å². The molecule has 0 saturated heterocycles. The molecule has 2 aromatic rings. The minimum absolute atomic E-state index is 0.0796. The summed E-state index contributed by atoms with van der Waals surface area (Å²) in [5.41, 5.74) is -0.408. The second kappa shape index (κ2) is 9.66.